The topological polar surface area (TPSA) is 195 Å². The molecule has 0 aliphatic heterocycles. The highest BCUT2D eigenvalue weighted by Gasteiger charge is 2.40. The molecule has 10 nitrogen and oxygen atoms in total. The quantitative estimate of drug-likeness (QED) is 0.322. The average Bonchev–Trinajstić information content (AvgIpc) is 2.14. The highest BCUT2D eigenvalue weighted by molar-refractivity contribution is 5.88. The molecule has 0 saturated carbocycles. The second kappa shape index (κ2) is 8.00. The van der Waals surface area contributed by atoms with Crippen molar-refractivity contribution in [3.05, 3.63) is 0 Å². The van der Waals surface area contributed by atoms with Crippen LogP contribution in [0.5, 0.6) is 0 Å². The average molecular weight is 281 g/mol. The van der Waals surface area contributed by atoms with E-state index in [1.165, 1.54) is 6.92 Å². The third-order valence-corrected chi connectivity index (χ3v) is 1.67. The Morgan fingerprint density at radius 3 is 1.37 bits per heavy atom. The van der Waals surface area contributed by atoms with Gasteiger partial charge in [-0.05, 0) is 6.92 Å². The maximum absolute atomic E-state index is 10.3. The van der Waals surface area contributed by atoms with Gasteiger partial charge in [0.15, 0.2) is 5.60 Å². The highest BCUT2D eigenvalue weighted by Crippen LogP contribution is 2.15. The lowest BCUT2D eigenvalue weighted by Crippen LogP contribution is -2.42. The molecule has 0 aromatic rings. The predicted octanol–water partition coefficient (Wildman–Crippen LogP) is -1.83. The van der Waals surface area contributed by atoms with Crippen molar-refractivity contribution in [2.45, 2.75) is 31.4 Å². The minimum absolute atomic E-state index is 0.731. The monoisotopic (exact) mass is 281 g/mol. The Balaban J connectivity index is 0. The Kier molecular flexibility index (Phi) is 8.06. The normalized spacial score (nSPS) is 11.7. The predicted molar refractivity (Wildman–Crippen MR) is 58.4 cm³/mol. The Hall–Kier alpha value is -2.20. The van der Waals surface area contributed by atoms with Crippen molar-refractivity contribution in [3.8, 4) is 0 Å². The summed E-state index contributed by atoms with van der Waals surface area (Å²) in [6.07, 6.45) is -2.29. The SMILES string of the molecule is C[C@H](N)C(=O)O.O=C(O)CC(O)(CC(=O)O)C(=O)O. The lowest BCUT2D eigenvalue weighted by Gasteiger charge is -2.18. The van der Waals surface area contributed by atoms with Crippen molar-refractivity contribution in [2.24, 2.45) is 5.73 Å². The van der Waals surface area contributed by atoms with Crippen LogP contribution in [0.3, 0.4) is 0 Å². The summed E-state index contributed by atoms with van der Waals surface area (Å²) in [4.78, 5) is 40.1. The third kappa shape index (κ3) is 9.50. The third-order valence-electron chi connectivity index (χ3n) is 1.67. The fraction of sp³-hybridized carbons (Fsp3) is 0.556. The number of carboxylic acids is 4. The minimum Gasteiger partial charge on any atom is -0.481 e. The maximum atomic E-state index is 10.3. The molecule has 110 valence electrons. The number of hydrogen-bond acceptors (Lipinski definition) is 6. The van der Waals surface area contributed by atoms with E-state index in [9.17, 15) is 19.2 Å². The summed E-state index contributed by atoms with van der Waals surface area (Å²) in [6, 6.07) is -0.731. The minimum atomic E-state index is -2.74. The zero-order valence-corrected chi connectivity index (χ0v) is 9.94. The number of nitrogens with two attached hydrogens (primary N) is 1. The van der Waals surface area contributed by atoms with Crippen LogP contribution < -0.4 is 5.73 Å². The van der Waals surface area contributed by atoms with Gasteiger partial charge in [-0.25, -0.2) is 4.79 Å². The molecule has 1 atom stereocenters. The number of hydrogen-bond donors (Lipinski definition) is 6. The van der Waals surface area contributed by atoms with Crippen LogP contribution in [0.1, 0.15) is 19.8 Å². The van der Waals surface area contributed by atoms with E-state index in [2.05, 4.69) is 0 Å². The Morgan fingerprint density at radius 2 is 1.26 bits per heavy atom. The number of rotatable bonds is 6. The van der Waals surface area contributed by atoms with E-state index in [0.29, 0.717) is 0 Å². The zero-order valence-electron chi connectivity index (χ0n) is 9.94. The number of carboxylic acid groups (broad SMARTS) is 4. The second-order valence-electron chi connectivity index (χ2n) is 3.60. The Morgan fingerprint density at radius 1 is 1.00 bits per heavy atom. The molecular weight excluding hydrogens is 266 g/mol. The zero-order chi connectivity index (χ0) is 15.8. The molecule has 0 spiro atoms. The summed E-state index contributed by atoms with van der Waals surface area (Å²) in [6.45, 7) is 1.42. The van der Waals surface area contributed by atoms with Crippen molar-refractivity contribution >= 4 is 23.9 Å². The molecule has 0 aliphatic carbocycles. The van der Waals surface area contributed by atoms with E-state index in [4.69, 9.17) is 31.3 Å². The summed E-state index contributed by atoms with van der Waals surface area (Å²) in [5.41, 5.74) is 2.10. The smallest absolute Gasteiger partial charge is 0.336 e. The van der Waals surface area contributed by atoms with Crippen molar-refractivity contribution in [1.29, 1.82) is 0 Å². The van der Waals surface area contributed by atoms with Gasteiger partial charge in [0.05, 0.1) is 12.8 Å². The van der Waals surface area contributed by atoms with Crippen molar-refractivity contribution in [3.63, 3.8) is 0 Å². The first-order chi connectivity index (χ1) is 8.42. The van der Waals surface area contributed by atoms with Gasteiger partial charge in [-0.15, -0.1) is 0 Å². The molecule has 10 heteroatoms. The first-order valence-electron chi connectivity index (χ1n) is 4.80. The summed E-state index contributed by atoms with van der Waals surface area (Å²) in [5, 5.41) is 41.7. The molecule has 0 aromatic heterocycles. The molecule has 0 bridgehead atoms. The van der Waals surface area contributed by atoms with Crippen LogP contribution in [-0.2, 0) is 19.2 Å². The molecule has 0 aliphatic rings. The fourth-order valence-electron chi connectivity index (χ4n) is 0.714. The van der Waals surface area contributed by atoms with Gasteiger partial charge in [0.25, 0.3) is 0 Å². The Labute approximate surface area is 107 Å². The summed E-state index contributed by atoms with van der Waals surface area (Å²) in [7, 11) is 0. The lowest BCUT2D eigenvalue weighted by molar-refractivity contribution is -0.170. The van der Waals surface area contributed by atoms with Crippen LogP contribution in [0.4, 0.5) is 0 Å². The lowest BCUT2D eigenvalue weighted by atomic mass is 9.96. The van der Waals surface area contributed by atoms with E-state index in [1.807, 2.05) is 0 Å². The van der Waals surface area contributed by atoms with Crippen LogP contribution in [0.15, 0.2) is 0 Å². The first kappa shape index (κ1) is 19.1. The molecular formula is C9H15NO9. The molecule has 0 aromatic carbocycles. The summed E-state index contributed by atoms with van der Waals surface area (Å²) >= 11 is 0. The van der Waals surface area contributed by atoms with Crippen molar-refractivity contribution in [1.82, 2.24) is 0 Å². The molecule has 0 amide bonds. The van der Waals surface area contributed by atoms with E-state index < -0.39 is 48.4 Å². The number of aliphatic carboxylic acids is 4. The van der Waals surface area contributed by atoms with Crippen LogP contribution in [-0.4, -0.2) is 61.1 Å². The Bertz CT molecular complexity index is 347. The van der Waals surface area contributed by atoms with Gasteiger partial charge < -0.3 is 31.3 Å². The largest absolute Gasteiger partial charge is 0.481 e. The highest BCUT2D eigenvalue weighted by atomic mass is 16.4. The van der Waals surface area contributed by atoms with E-state index in [1.54, 1.807) is 0 Å². The van der Waals surface area contributed by atoms with Gasteiger partial charge in [-0.1, -0.05) is 0 Å². The van der Waals surface area contributed by atoms with Gasteiger partial charge in [0.1, 0.15) is 6.04 Å². The molecule has 19 heavy (non-hydrogen) atoms. The molecule has 0 fully saturated rings. The molecule has 0 saturated heterocycles. The van der Waals surface area contributed by atoms with Crippen LogP contribution >= 0.6 is 0 Å². The number of aliphatic hydroxyl groups is 1. The van der Waals surface area contributed by atoms with Crippen LogP contribution in [0.25, 0.3) is 0 Å². The van der Waals surface area contributed by atoms with Gasteiger partial charge in [-0.3, -0.25) is 14.4 Å². The van der Waals surface area contributed by atoms with Crippen LogP contribution in [0, 0.1) is 0 Å². The second-order valence-corrected chi connectivity index (χ2v) is 3.60. The first-order valence-corrected chi connectivity index (χ1v) is 4.80. The van der Waals surface area contributed by atoms with Crippen LogP contribution in [0.2, 0.25) is 0 Å². The van der Waals surface area contributed by atoms with Crippen molar-refractivity contribution < 1.29 is 44.7 Å². The molecule has 0 radical (unpaired) electrons. The van der Waals surface area contributed by atoms with E-state index in [-0.39, 0.29) is 0 Å². The van der Waals surface area contributed by atoms with Gasteiger partial charge in [0, 0.05) is 0 Å². The maximum Gasteiger partial charge on any atom is 0.336 e. The molecule has 0 unspecified atom stereocenters. The van der Waals surface area contributed by atoms with E-state index >= 15 is 0 Å². The number of carbonyl (C=O) groups is 4. The van der Waals surface area contributed by atoms with E-state index in [0.717, 1.165) is 0 Å². The molecule has 7 N–H and O–H groups in total. The van der Waals surface area contributed by atoms with Gasteiger partial charge in [-0.2, -0.15) is 0 Å². The summed E-state index contributed by atoms with van der Waals surface area (Å²) in [5.74, 6) is -5.98. The molecule has 0 heterocycles. The molecule has 0 rings (SSSR count). The fourth-order valence-corrected chi connectivity index (χ4v) is 0.714. The standard InChI is InChI=1S/C6H8O7.C3H7NO2/c7-3(8)1-6(13,5(11)12)2-4(9)10;1-2(4)3(5)6/h13H,1-2H2,(H,7,8)(H,9,10)(H,11,12);2H,4H2,1H3,(H,5,6)/t;2-/m.0/s1. The van der Waals surface area contributed by atoms with Gasteiger partial charge in [0.2, 0.25) is 0 Å². The summed E-state index contributed by atoms with van der Waals surface area (Å²) < 4.78 is 0. The van der Waals surface area contributed by atoms with Crippen molar-refractivity contribution in [2.75, 3.05) is 0 Å². The van der Waals surface area contributed by atoms with Gasteiger partial charge >= 0.3 is 23.9 Å².